The molecule has 2 saturated heterocycles. The highest BCUT2D eigenvalue weighted by atomic mass is 127. The van der Waals surface area contributed by atoms with Crippen molar-refractivity contribution in [3.63, 3.8) is 0 Å². The zero-order valence-electron chi connectivity index (χ0n) is 18.9. The molecule has 30 heavy (non-hydrogen) atoms. The van der Waals surface area contributed by atoms with E-state index in [0.717, 1.165) is 38.1 Å². The number of nitrogens with one attached hydrogen (secondary N) is 1. The Morgan fingerprint density at radius 1 is 1.13 bits per heavy atom. The summed E-state index contributed by atoms with van der Waals surface area (Å²) >= 11 is 0. The number of hydrogen-bond donors (Lipinski definition) is 1. The van der Waals surface area contributed by atoms with Crippen molar-refractivity contribution >= 4 is 41.8 Å². The number of halogens is 1. The minimum Gasteiger partial charge on any atom is -0.356 e. The summed E-state index contributed by atoms with van der Waals surface area (Å²) in [6.45, 7) is 16.4. The van der Waals surface area contributed by atoms with E-state index in [9.17, 15) is 4.79 Å². The van der Waals surface area contributed by atoms with E-state index in [2.05, 4.69) is 59.7 Å². The molecule has 1 aromatic heterocycles. The molecule has 1 amide bonds. The molecule has 1 N–H and O–H groups in total. The largest absolute Gasteiger partial charge is 0.356 e. The van der Waals surface area contributed by atoms with Gasteiger partial charge in [0.25, 0.3) is 0 Å². The summed E-state index contributed by atoms with van der Waals surface area (Å²) in [6, 6.07) is 1.81. The minimum atomic E-state index is 0. The van der Waals surface area contributed by atoms with Crippen LogP contribution in [0.5, 0.6) is 0 Å². The first-order valence-electron chi connectivity index (χ1n) is 10.6. The van der Waals surface area contributed by atoms with E-state index in [1.54, 1.807) is 12.4 Å². The number of guanidine groups is 1. The molecule has 0 aliphatic carbocycles. The maximum absolute atomic E-state index is 12.6. The number of hydrogen-bond acceptors (Lipinski definition) is 5. The van der Waals surface area contributed by atoms with Crippen LogP contribution in [0.15, 0.2) is 23.5 Å². The highest BCUT2D eigenvalue weighted by Gasteiger charge is 2.53. The number of rotatable bonds is 5. The van der Waals surface area contributed by atoms with Gasteiger partial charge in [-0.25, -0.2) is 9.97 Å². The Hall–Kier alpha value is -1.65. The lowest BCUT2D eigenvalue weighted by molar-refractivity contribution is -0.131. The average Bonchev–Trinajstić information content (AvgIpc) is 2.72. The van der Waals surface area contributed by atoms with Gasteiger partial charge in [-0.2, -0.15) is 0 Å². The van der Waals surface area contributed by atoms with E-state index in [1.807, 2.05) is 11.0 Å². The Morgan fingerprint density at radius 3 is 2.30 bits per heavy atom. The Balaban J connectivity index is 0.00000320. The number of nitrogens with zero attached hydrogens (tertiary/aromatic N) is 6. The minimum absolute atomic E-state index is 0. The number of carbonyl (C=O) groups is 1. The monoisotopic (exact) mass is 529 g/mol. The van der Waals surface area contributed by atoms with Crippen molar-refractivity contribution in [3.05, 3.63) is 18.5 Å². The average molecular weight is 529 g/mol. The van der Waals surface area contributed by atoms with Crippen LogP contribution in [0.3, 0.4) is 0 Å². The maximum Gasteiger partial charge on any atom is 0.225 e. The second-order valence-corrected chi connectivity index (χ2v) is 8.93. The standard InChI is InChI=1S/C21H35N7O.HI/c1-6-22-19(28-16-20(2,3)21(28,4)5)25-11-8-17(29)26-12-14-27(15-13-26)18-23-9-7-10-24-18;/h7,9-10H,6,8,11-16H2,1-5H3,(H,22,25);1H. The molecular formula is C21H36IN7O. The molecular weight excluding hydrogens is 493 g/mol. The van der Waals surface area contributed by atoms with Crippen LogP contribution >= 0.6 is 24.0 Å². The van der Waals surface area contributed by atoms with E-state index in [1.165, 1.54) is 0 Å². The second-order valence-electron chi connectivity index (χ2n) is 8.93. The van der Waals surface area contributed by atoms with Crippen LogP contribution in [-0.4, -0.2) is 83.0 Å². The quantitative estimate of drug-likeness (QED) is 0.358. The van der Waals surface area contributed by atoms with Gasteiger partial charge in [0.2, 0.25) is 11.9 Å². The van der Waals surface area contributed by atoms with Gasteiger partial charge in [-0.3, -0.25) is 9.79 Å². The van der Waals surface area contributed by atoms with Crippen LogP contribution in [-0.2, 0) is 4.79 Å². The number of aliphatic imine (C=N–C) groups is 1. The topological polar surface area (TPSA) is 77.0 Å². The van der Waals surface area contributed by atoms with Crippen molar-refractivity contribution < 1.29 is 4.79 Å². The zero-order chi connectivity index (χ0) is 21.1. The number of anilines is 1. The summed E-state index contributed by atoms with van der Waals surface area (Å²) in [6.07, 6.45) is 3.94. The van der Waals surface area contributed by atoms with Crippen molar-refractivity contribution in [1.29, 1.82) is 0 Å². The fraction of sp³-hybridized carbons (Fsp3) is 0.714. The molecule has 0 atom stereocenters. The molecule has 2 fully saturated rings. The lowest BCUT2D eigenvalue weighted by Crippen LogP contribution is -2.72. The number of likely N-dealkylation sites (tertiary alicyclic amines) is 1. The second kappa shape index (κ2) is 10.1. The molecule has 0 bridgehead atoms. The van der Waals surface area contributed by atoms with Crippen LogP contribution < -0.4 is 10.2 Å². The third-order valence-electron chi connectivity index (χ3n) is 6.53. The van der Waals surface area contributed by atoms with E-state index in [4.69, 9.17) is 4.99 Å². The van der Waals surface area contributed by atoms with Crippen molar-refractivity contribution in [2.45, 2.75) is 46.6 Å². The van der Waals surface area contributed by atoms with Gasteiger partial charge in [-0.1, -0.05) is 13.8 Å². The lowest BCUT2D eigenvalue weighted by Gasteiger charge is -2.62. The van der Waals surface area contributed by atoms with Gasteiger partial charge in [0.05, 0.1) is 6.54 Å². The van der Waals surface area contributed by atoms with Gasteiger partial charge in [0.1, 0.15) is 0 Å². The third kappa shape index (κ3) is 5.15. The maximum atomic E-state index is 12.6. The Bertz CT molecular complexity index is 730. The summed E-state index contributed by atoms with van der Waals surface area (Å²) in [4.78, 5) is 32.3. The normalized spacial score (nSPS) is 20.3. The van der Waals surface area contributed by atoms with Crippen LogP contribution in [0.4, 0.5) is 5.95 Å². The number of aromatic nitrogens is 2. The van der Waals surface area contributed by atoms with Gasteiger partial charge < -0.3 is 20.0 Å². The fourth-order valence-electron chi connectivity index (χ4n) is 3.82. The van der Waals surface area contributed by atoms with Crippen LogP contribution in [0.2, 0.25) is 0 Å². The molecule has 2 aliphatic rings. The van der Waals surface area contributed by atoms with Gasteiger partial charge in [0.15, 0.2) is 5.96 Å². The fourth-order valence-corrected chi connectivity index (χ4v) is 3.82. The van der Waals surface area contributed by atoms with E-state index >= 15 is 0 Å². The molecule has 3 rings (SSSR count). The first-order chi connectivity index (χ1) is 13.8. The Morgan fingerprint density at radius 2 is 1.77 bits per heavy atom. The summed E-state index contributed by atoms with van der Waals surface area (Å²) in [5, 5.41) is 3.39. The summed E-state index contributed by atoms with van der Waals surface area (Å²) in [5.41, 5.74) is 0.301. The molecule has 0 aromatic carbocycles. The van der Waals surface area contributed by atoms with Crippen molar-refractivity contribution in [3.8, 4) is 0 Å². The SMILES string of the molecule is CCNC(=NCCC(=O)N1CCN(c2ncccn2)CC1)N1CC(C)(C)C1(C)C.I. The van der Waals surface area contributed by atoms with Crippen molar-refractivity contribution in [2.75, 3.05) is 50.7 Å². The highest BCUT2D eigenvalue weighted by Crippen LogP contribution is 2.46. The summed E-state index contributed by atoms with van der Waals surface area (Å²) in [7, 11) is 0. The molecule has 9 heteroatoms. The number of piperazine rings is 1. The molecule has 2 aliphatic heterocycles. The summed E-state index contributed by atoms with van der Waals surface area (Å²) < 4.78 is 0. The molecule has 3 heterocycles. The first kappa shape index (κ1) is 24.6. The van der Waals surface area contributed by atoms with Gasteiger partial charge in [-0.15, -0.1) is 24.0 Å². The third-order valence-corrected chi connectivity index (χ3v) is 6.53. The molecule has 0 unspecified atom stereocenters. The molecule has 8 nitrogen and oxygen atoms in total. The molecule has 0 saturated carbocycles. The lowest BCUT2D eigenvalue weighted by atomic mass is 9.65. The van der Waals surface area contributed by atoms with Gasteiger partial charge in [0, 0.05) is 69.0 Å². The molecule has 0 radical (unpaired) electrons. The van der Waals surface area contributed by atoms with Crippen molar-refractivity contribution in [2.24, 2.45) is 10.4 Å². The van der Waals surface area contributed by atoms with E-state index in [0.29, 0.717) is 26.1 Å². The van der Waals surface area contributed by atoms with Crippen LogP contribution in [0, 0.1) is 5.41 Å². The zero-order valence-corrected chi connectivity index (χ0v) is 21.2. The Labute approximate surface area is 197 Å². The number of carbonyl (C=O) groups excluding carboxylic acids is 1. The van der Waals surface area contributed by atoms with E-state index < -0.39 is 0 Å². The summed E-state index contributed by atoms with van der Waals surface area (Å²) in [5.74, 6) is 1.82. The van der Waals surface area contributed by atoms with Gasteiger partial charge >= 0.3 is 0 Å². The van der Waals surface area contributed by atoms with Gasteiger partial charge in [-0.05, 0) is 26.8 Å². The highest BCUT2D eigenvalue weighted by molar-refractivity contribution is 14.0. The molecule has 168 valence electrons. The molecule has 1 aromatic rings. The van der Waals surface area contributed by atoms with E-state index in [-0.39, 0.29) is 40.8 Å². The van der Waals surface area contributed by atoms with Crippen LogP contribution in [0.1, 0.15) is 41.0 Å². The number of amides is 1. The predicted octanol–water partition coefficient (Wildman–Crippen LogP) is 2.22. The Kier molecular flexibility index (Phi) is 8.29. The molecule has 0 spiro atoms. The first-order valence-corrected chi connectivity index (χ1v) is 10.6. The predicted molar refractivity (Wildman–Crippen MR) is 131 cm³/mol. The van der Waals surface area contributed by atoms with Crippen molar-refractivity contribution in [1.82, 2.24) is 25.1 Å². The smallest absolute Gasteiger partial charge is 0.225 e. The van der Waals surface area contributed by atoms with Crippen LogP contribution in [0.25, 0.3) is 0 Å².